The molecule has 2 nitrogen and oxygen atoms in total. The summed E-state index contributed by atoms with van der Waals surface area (Å²) in [6.07, 6.45) is 8.52. The van der Waals surface area contributed by atoms with Crippen LogP contribution in [0.4, 0.5) is 5.69 Å². The van der Waals surface area contributed by atoms with Crippen LogP contribution in [-0.2, 0) is 6.42 Å². The summed E-state index contributed by atoms with van der Waals surface area (Å²) < 4.78 is 5.79. The summed E-state index contributed by atoms with van der Waals surface area (Å²) in [7, 11) is 0. The first-order valence-corrected chi connectivity index (χ1v) is 10.9. The summed E-state index contributed by atoms with van der Waals surface area (Å²) >= 11 is 0. The quantitative estimate of drug-likeness (QED) is 0.465. The van der Waals surface area contributed by atoms with Crippen LogP contribution >= 0.6 is 0 Å². The normalized spacial score (nSPS) is 15.1. The monoisotopic (exact) mass is 365 g/mol. The van der Waals surface area contributed by atoms with Gasteiger partial charge in [-0.3, -0.25) is 0 Å². The van der Waals surface area contributed by atoms with E-state index in [1.165, 1.54) is 55.3 Å². The maximum Gasteiger partial charge on any atom is 0.119 e. The second-order valence-electron chi connectivity index (χ2n) is 7.80. The van der Waals surface area contributed by atoms with Crippen molar-refractivity contribution in [1.82, 2.24) is 0 Å². The Morgan fingerprint density at radius 3 is 2.15 bits per heavy atom. The SMILES string of the molecule is CCCCOc1ccc(C2CCN(c3ccc(CCCC)cc3)CC2)cc1. The van der Waals surface area contributed by atoms with Gasteiger partial charge in [0.15, 0.2) is 0 Å². The maximum atomic E-state index is 5.79. The molecule has 2 heteroatoms. The molecule has 0 aromatic heterocycles. The van der Waals surface area contributed by atoms with Crippen LogP contribution < -0.4 is 9.64 Å². The Balaban J connectivity index is 1.49. The van der Waals surface area contributed by atoms with Gasteiger partial charge in [0.1, 0.15) is 5.75 Å². The zero-order valence-corrected chi connectivity index (χ0v) is 17.1. The number of nitrogens with zero attached hydrogens (tertiary/aromatic N) is 1. The second-order valence-corrected chi connectivity index (χ2v) is 7.80. The Kier molecular flexibility index (Phi) is 7.62. The number of anilines is 1. The first-order chi connectivity index (χ1) is 13.3. The van der Waals surface area contributed by atoms with E-state index in [2.05, 4.69) is 67.3 Å². The average molecular weight is 366 g/mol. The third kappa shape index (κ3) is 5.76. The van der Waals surface area contributed by atoms with E-state index in [1.54, 1.807) is 0 Å². The number of unbranched alkanes of at least 4 members (excludes halogenated alkanes) is 2. The summed E-state index contributed by atoms with van der Waals surface area (Å²) in [5.74, 6) is 1.68. The molecule has 27 heavy (non-hydrogen) atoms. The molecule has 0 amide bonds. The largest absolute Gasteiger partial charge is 0.494 e. The fourth-order valence-electron chi connectivity index (χ4n) is 3.90. The lowest BCUT2D eigenvalue weighted by Gasteiger charge is -2.34. The number of ether oxygens (including phenoxy) is 1. The minimum absolute atomic E-state index is 0.676. The number of hydrogen-bond donors (Lipinski definition) is 0. The van der Waals surface area contributed by atoms with Crippen molar-refractivity contribution in [3.8, 4) is 5.75 Å². The van der Waals surface area contributed by atoms with E-state index in [4.69, 9.17) is 4.74 Å². The topological polar surface area (TPSA) is 12.5 Å². The summed E-state index contributed by atoms with van der Waals surface area (Å²) in [4.78, 5) is 2.54. The highest BCUT2D eigenvalue weighted by atomic mass is 16.5. The molecule has 0 spiro atoms. The molecular formula is C25H35NO. The van der Waals surface area contributed by atoms with Crippen LogP contribution in [0.15, 0.2) is 48.5 Å². The predicted molar refractivity (Wildman–Crippen MR) is 116 cm³/mol. The van der Waals surface area contributed by atoms with E-state index in [0.717, 1.165) is 31.9 Å². The van der Waals surface area contributed by atoms with Crippen LogP contribution in [-0.4, -0.2) is 19.7 Å². The first-order valence-electron chi connectivity index (χ1n) is 10.9. The van der Waals surface area contributed by atoms with Crippen molar-refractivity contribution in [1.29, 1.82) is 0 Å². The molecule has 1 aliphatic heterocycles. The van der Waals surface area contributed by atoms with Gasteiger partial charge in [0, 0.05) is 18.8 Å². The number of hydrogen-bond acceptors (Lipinski definition) is 2. The van der Waals surface area contributed by atoms with Crippen molar-refractivity contribution in [2.45, 2.75) is 64.7 Å². The average Bonchev–Trinajstić information content (AvgIpc) is 2.73. The molecule has 0 saturated carbocycles. The van der Waals surface area contributed by atoms with Crippen LogP contribution in [0.1, 0.15) is 69.4 Å². The molecule has 1 fully saturated rings. The standard InChI is InChI=1S/C25H35NO/c1-3-5-7-21-8-12-24(13-9-21)26-18-16-23(17-19-26)22-10-14-25(15-11-22)27-20-6-4-2/h8-15,23H,3-7,16-20H2,1-2H3. The Bertz CT molecular complexity index is 654. The molecule has 3 rings (SSSR count). The molecule has 1 saturated heterocycles. The lowest BCUT2D eigenvalue weighted by atomic mass is 9.89. The number of rotatable bonds is 9. The predicted octanol–water partition coefficient (Wildman–Crippen LogP) is 6.59. The van der Waals surface area contributed by atoms with Crippen LogP contribution in [0.25, 0.3) is 0 Å². The van der Waals surface area contributed by atoms with E-state index >= 15 is 0 Å². The van der Waals surface area contributed by atoms with Gasteiger partial charge in [-0.05, 0) is 73.4 Å². The van der Waals surface area contributed by atoms with Gasteiger partial charge in [0.2, 0.25) is 0 Å². The van der Waals surface area contributed by atoms with Crippen molar-refractivity contribution in [2.75, 3.05) is 24.6 Å². The van der Waals surface area contributed by atoms with E-state index in [9.17, 15) is 0 Å². The molecule has 0 unspecified atom stereocenters. The van der Waals surface area contributed by atoms with Gasteiger partial charge in [-0.2, -0.15) is 0 Å². The van der Waals surface area contributed by atoms with E-state index in [-0.39, 0.29) is 0 Å². The van der Waals surface area contributed by atoms with Crippen molar-refractivity contribution < 1.29 is 4.74 Å². The summed E-state index contributed by atoms with van der Waals surface area (Å²) in [6, 6.07) is 18.1. The maximum absolute atomic E-state index is 5.79. The Morgan fingerprint density at radius 1 is 0.852 bits per heavy atom. The summed E-state index contributed by atoms with van der Waals surface area (Å²) in [5, 5.41) is 0. The lowest BCUT2D eigenvalue weighted by Crippen LogP contribution is -2.32. The van der Waals surface area contributed by atoms with Crippen molar-refractivity contribution in [2.24, 2.45) is 0 Å². The van der Waals surface area contributed by atoms with Crippen LogP contribution in [0.5, 0.6) is 5.75 Å². The molecule has 0 N–H and O–H groups in total. The first kappa shape index (κ1) is 19.8. The van der Waals surface area contributed by atoms with Crippen LogP contribution in [0.3, 0.4) is 0 Å². The molecule has 1 heterocycles. The number of aryl methyl sites for hydroxylation is 1. The zero-order chi connectivity index (χ0) is 18.9. The van der Waals surface area contributed by atoms with Gasteiger partial charge < -0.3 is 9.64 Å². The molecule has 146 valence electrons. The second kappa shape index (κ2) is 10.4. The molecular weight excluding hydrogens is 330 g/mol. The molecule has 2 aromatic carbocycles. The smallest absolute Gasteiger partial charge is 0.119 e. The van der Waals surface area contributed by atoms with E-state index in [1.807, 2.05) is 0 Å². The van der Waals surface area contributed by atoms with E-state index in [0.29, 0.717) is 5.92 Å². The highest BCUT2D eigenvalue weighted by molar-refractivity contribution is 5.48. The highest BCUT2D eigenvalue weighted by Gasteiger charge is 2.20. The lowest BCUT2D eigenvalue weighted by molar-refractivity contribution is 0.309. The van der Waals surface area contributed by atoms with Gasteiger partial charge in [0.05, 0.1) is 6.61 Å². The minimum atomic E-state index is 0.676. The van der Waals surface area contributed by atoms with Crippen molar-refractivity contribution >= 4 is 5.69 Å². The zero-order valence-electron chi connectivity index (χ0n) is 17.1. The third-order valence-corrected chi connectivity index (χ3v) is 5.73. The van der Waals surface area contributed by atoms with Gasteiger partial charge >= 0.3 is 0 Å². The fraction of sp³-hybridized carbons (Fsp3) is 0.520. The molecule has 1 aliphatic rings. The molecule has 0 radical (unpaired) electrons. The fourth-order valence-corrected chi connectivity index (χ4v) is 3.90. The van der Waals surface area contributed by atoms with Crippen molar-refractivity contribution in [3.05, 3.63) is 59.7 Å². The molecule has 0 bridgehead atoms. The van der Waals surface area contributed by atoms with Gasteiger partial charge in [-0.25, -0.2) is 0 Å². The molecule has 2 aromatic rings. The van der Waals surface area contributed by atoms with E-state index < -0.39 is 0 Å². The molecule has 0 aliphatic carbocycles. The Morgan fingerprint density at radius 2 is 1.52 bits per heavy atom. The highest BCUT2D eigenvalue weighted by Crippen LogP contribution is 2.31. The van der Waals surface area contributed by atoms with Gasteiger partial charge in [0.25, 0.3) is 0 Å². The number of benzene rings is 2. The third-order valence-electron chi connectivity index (χ3n) is 5.73. The van der Waals surface area contributed by atoms with Gasteiger partial charge in [-0.1, -0.05) is 51.0 Å². The summed E-state index contributed by atoms with van der Waals surface area (Å²) in [6.45, 7) is 7.57. The van der Waals surface area contributed by atoms with Gasteiger partial charge in [-0.15, -0.1) is 0 Å². The number of piperidine rings is 1. The Hall–Kier alpha value is -1.96. The Labute approximate surface area is 165 Å². The van der Waals surface area contributed by atoms with Crippen molar-refractivity contribution in [3.63, 3.8) is 0 Å². The minimum Gasteiger partial charge on any atom is -0.494 e. The van der Waals surface area contributed by atoms with Crippen LogP contribution in [0.2, 0.25) is 0 Å². The van der Waals surface area contributed by atoms with Crippen LogP contribution in [0, 0.1) is 0 Å². The summed E-state index contributed by atoms with van der Waals surface area (Å²) in [5.41, 5.74) is 4.32. The molecule has 0 atom stereocenters.